The Bertz CT molecular complexity index is 1100. The van der Waals surface area contributed by atoms with Gasteiger partial charge in [-0.2, -0.15) is 18.2 Å². The molecule has 34 heavy (non-hydrogen) atoms. The van der Waals surface area contributed by atoms with Gasteiger partial charge in [0, 0.05) is 30.4 Å². The number of halogens is 3. The molecule has 0 spiro atoms. The summed E-state index contributed by atoms with van der Waals surface area (Å²) >= 11 is 0. The zero-order valence-electron chi connectivity index (χ0n) is 20.2. The molecule has 8 nitrogen and oxygen atoms in total. The van der Waals surface area contributed by atoms with Crippen LogP contribution in [0.25, 0.3) is 16.7 Å². The van der Waals surface area contributed by atoms with Gasteiger partial charge in [0.1, 0.15) is 11.7 Å². The van der Waals surface area contributed by atoms with Gasteiger partial charge in [0.2, 0.25) is 0 Å². The van der Waals surface area contributed by atoms with Gasteiger partial charge < -0.3 is 21.8 Å². The van der Waals surface area contributed by atoms with Crippen molar-refractivity contribution in [2.75, 3.05) is 6.54 Å². The second-order valence-corrected chi connectivity index (χ2v) is 6.89. The molecule has 0 aliphatic heterocycles. The molecule has 0 radical (unpaired) electrons. The van der Waals surface area contributed by atoms with Crippen molar-refractivity contribution in [1.29, 1.82) is 0 Å². The number of nitrogens with two attached hydrogens (primary N) is 2. The maximum Gasteiger partial charge on any atom is 0.403 e. The van der Waals surface area contributed by atoms with Gasteiger partial charge in [-0.1, -0.05) is 39.8 Å². The van der Waals surface area contributed by atoms with Crippen LogP contribution in [0.2, 0.25) is 0 Å². The van der Waals surface area contributed by atoms with Crippen molar-refractivity contribution < 1.29 is 13.2 Å². The second kappa shape index (κ2) is 13.4. The highest BCUT2D eigenvalue weighted by atomic mass is 19.4. The molecular weight excluding hydrogens is 447 g/mol. The molecule has 188 valence electrons. The Morgan fingerprint density at radius 1 is 1.18 bits per heavy atom. The number of rotatable bonds is 7. The zero-order valence-corrected chi connectivity index (χ0v) is 20.2. The number of aryl methyl sites for hydroxylation is 1. The van der Waals surface area contributed by atoms with E-state index < -0.39 is 17.9 Å². The van der Waals surface area contributed by atoms with E-state index in [0.717, 1.165) is 11.1 Å². The van der Waals surface area contributed by atoms with Crippen LogP contribution in [-0.2, 0) is 6.54 Å². The van der Waals surface area contributed by atoms with E-state index in [1.165, 1.54) is 4.57 Å². The van der Waals surface area contributed by atoms with Crippen molar-refractivity contribution in [3.8, 4) is 5.69 Å². The van der Waals surface area contributed by atoms with Crippen LogP contribution in [0.4, 0.5) is 13.2 Å². The second-order valence-electron chi connectivity index (χ2n) is 6.89. The number of aliphatic imine (C=N–C) groups is 1. The average Bonchev–Trinajstić information content (AvgIpc) is 3.16. The first kappa shape index (κ1) is 28.7. The van der Waals surface area contributed by atoms with Crippen molar-refractivity contribution in [2.24, 2.45) is 16.5 Å². The smallest absolute Gasteiger partial charge is 0.370 e. The largest absolute Gasteiger partial charge is 0.403 e. The Labute approximate surface area is 197 Å². The summed E-state index contributed by atoms with van der Waals surface area (Å²) in [7, 11) is 0. The minimum absolute atomic E-state index is 0.00450. The molecule has 1 unspecified atom stereocenters. The SMILES string of the molecule is CC.CC.Cc1cc2cn(-c3ccc(CNC(CCN=C(N)N)C(F)(F)F)cc3)c(=O)nc2[nH]1. The van der Waals surface area contributed by atoms with E-state index in [9.17, 15) is 18.0 Å². The molecule has 3 rings (SSSR count). The summed E-state index contributed by atoms with van der Waals surface area (Å²) in [6, 6.07) is 6.76. The molecule has 2 heterocycles. The van der Waals surface area contributed by atoms with E-state index in [4.69, 9.17) is 11.5 Å². The predicted octanol–water partition coefficient (Wildman–Crippen LogP) is 3.76. The van der Waals surface area contributed by atoms with Crippen molar-refractivity contribution >= 4 is 17.0 Å². The average molecular weight is 482 g/mol. The fourth-order valence-corrected chi connectivity index (χ4v) is 3.04. The van der Waals surface area contributed by atoms with Crippen molar-refractivity contribution in [2.45, 2.75) is 59.8 Å². The number of hydrogen-bond acceptors (Lipinski definition) is 4. The highest BCUT2D eigenvalue weighted by molar-refractivity contribution is 5.76. The first-order valence-corrected chi connectivity index (χ1v) is 11.2. The number of guanidine groups is 1. The lowest BCUT2D eigenvalue weighted by Gasteiger charge is -2.21. The quantitative estimate of drug-likeness (QED) is 0.302. The fourth-order valence-electron chi connectivity index (χ4n) is 3.04. The molecule has 0 bridgehead atoms. The third kappa shape index (κ3) is 8.22. The van der Waals surface area contributed by atoms with Crippen LogP contribution >= 0.6 is 0 Å². The maximum absolute atomic E-state index is 13.2. The summed E-state index contributed by atoms with van der Waals surface area (Å²) in [6.45, 7) is 9.73. The number of benzene rings is 1. The lowest BCUT2D eigenvalue weighted by Crippen LogP contribution is -2.42. The summed E-state index contributed by atoms with van der Waals surface area (Å²) in [6.07, 6.45) is -3.04. The van der Waals surface area contributed by atoms with Crippen LogP contribution in [0.15, 0.2) is 46.3 Å². The van der Waals surface area contributed by atoms with E-state index >= 15 is 0 Å². The number of aromatic nitrogens is 3. The molecule has 1 aromatic carbocycles. The molecule has 6 N–H and O–H groups in total. The first-order chi connectivity index (χ1) is 16.1. The summed E-state index contributed by atoms with van der Waals surface area (Å²) in [5.74, 6) is -0.246. The first-order valence-electron chi connectivity index (χ1n) is 11.2. The Morgan fingerprint density at radius 2 is 1.79 bits per heavy atom. The normalized spacial score (nSPS) is 11.6. The summed E-state index contributed by atoms with van der Waals surface area (Å²) in [4.78, 5) is 22.9. The third-order valence-electron chi connectivity index (χ3n) is 4.52. The van der Waals surface area contributed by atoms with Crippen molar-refractivity contribution in [3.05, 3.63) is 58.3 Å². The van der Waals surface area contributed by atoms with Crippen LogP contribution in [0, 0.1) is 6.92 Å². The molecular formula is C23H34F3N7O. The predicted molar refractivity (Wildman–Crippen MR) is 131 cm³/mol. The Kier molecular flexibility index (Phi) is 11.3. The van der Waals surface area contributed by atoms with Crippen LogP contribution < -0.4 is 22.5 Å². The number of aromatic amines is 1. The molecule has 0 amide bonds. The van der Waals surface area contributed by atoms with Gasteiger partial charge in [0.15, 0.2) is 5.96 Å². The van der Waals surface area contributed by atoms with Gasteiger partial charge in [-0.25, -0.2) is 4.79 Å². The van der Waals surface area contributed by atoms with E-state index in [1.54, 1.807) is 30.5 Å². The van der Waals surface area contributed by atoms with Crippen molar-refractivity contribution in [1.82, 2.24) is 19.9 Å². The van der Waals surface area contributed by atoms with Gasteiger partial charge >= 0.3 is 11.9 Å². The summed E-state index contributed by atoms with van der Waals surface area (Å²) in [5, 5.41) is 3.27. The molecule has 11 heteroatoms. The third-order valence-corrected chi connectivity index (χ3v) is 4.52. The minimum Gasteiger partial charge on any atom is -0.370 e. The topological polar surface area (TPSA) is 127 Å². The standard InChI is InChI=1S/C19H22F3N7O.2C2H6/c1-11-8-13-10-29(18(30)28-16(13)27-11)14-4-2-12(3-5-14)9-26-15(19(20,21)22)6-7-25-17(23)24;2*1-2/h2-5,8,10,15,26H,6-7,9H2,1H3,(H4,23,24,25)(H,27,28,30);2*1-2H3. The maximum atomic E-state index is 13.2. The van der Waals surface area contributed by atoms with E-state index in [2.05, 4.69) is 20.3 Å². The van der Waals surface area contributed by atoms with Crippen LogP contribution in [0.1, 0.15) is 45.4 Å². The van der Waals surface area contributed by atoms with E-state index in [-0.39, 0.29) is 25.5 Å². The molecule has 0 aliphatic carbocycles. The van der Waals surface area contributed by atoms with E-state index in [0.29, 0.717) is 16.9 Å². The Hall–Kier alpha value is -3.34. The number of fused-ring (bicyclic) bond motifs is 1. The Balaban J connectivity index is 0.00000137. The minimum atomic E-state index is -4.43. The Morgan fingerprint density at radius 3 is 2.35 bits per heavy atom. The number of alkyl halides is 3. The molecule has 0 saturated heterocycles. The summed E-state index contributed by atoms with van der Waals surface area (Å²) in [5.41, 5.74) is 12.4. The lowest BCUT2D eigenvalue weighted by molar-refractivity contribution is -0.157. The number of nitrogens with zero attached hydrogens (tertiary/aromatic N) is 3. The van der Waals surface area contributed by atoms with Gasteiger partial charge in [0.25, 0.3) is 0 Å². The lowest BCUT2D eigenvalue weighted by atomic mass is 10.1. The molecule has 3 aromatic rings. The van der Waals surface area contributed by atoms with Gasteiger partial charge in [0.05, 0.1) is 5.69 Å². The highest BCUT2D eigenvalue weighted by Crippen LogP contribution is 2.23. The van der Waals surface area contributed by atoms with Crippen LogP contribution in [0.5, 0.6) is 0 Å². The molecule has 0 saturated carbocycles. The molecule has 0 fully saturated rings. The van der Waals surface area contributed by atoms with Gasteiger partial charge in [-0.15, -0.1) is 0 Å². The van der Waals surface area contributed by atoms with E-state index in [1.807, 2.05) is 40.7 Å². The van der Waals surface area contributed by atoms with Gasteiger partial charge in [-0.3, -0.25) is 9.56 Å². The molecule has 2 aromatic heterocycles. The number of nitrogens with one attached hydrogen (secondary N) is 2. The summed E-state index contributed by atoms with van der Waals surface area (Å²) < 4.78 is 40.9. The zero-order chi connectivity index (χ0) is 25.9. The molecule has 0 aliphatic rings. The monoisotopic (exact) mass is 481 g/mol. The fraction of sp³-hybridized carbons (Fsp3) is 0.435. The van der Waals surface area contributed by atoms with Crippen LogP contribution in [-0.4, -0.2) is 39.3 Å². The number of hydrogen-bond donors (Lipinski definition) is 4. The van der Waals surface area contributed by atoms with Crippen molar-refractivity contribution in [3.63, 3.8) is 0 Å². The van der Waals surface area contributed by atoms with Gasteiger partial charge in [-0.05, 0) is 37.1 Å². The number of H-pyrrole nitrogens is 1. The molecule has 1 atom stereocenters. The van der Waals surface area contributed by atoms with Crippen LogP contribution in [0.3, 0.4) is 0 Å². The highest BCUT2D eigenvalue weighted by Gasteiger charge is 2.38.